The molecule has 258 valence electrons. The third-order valence-electron chi connectivity index (χ3n) is 11.6. The highest BCUT2D eigenvalue weighted by molar-refractivity contribution is 6.37. The van der Waals surface area contributed by atoms with Gasteiger partial charge in [0.2, 0.25) is 0 Å². The Bertz CT molecular complexity index is 3500. The van der Waals surface area contributed by atoms with E-state index in [1.807, 2.05) is 18.2 Å². The Hall–Kier alpha value is -7.49. The normalized spacial score (nSPS) is 11.9. The molecule has 0 radical (unpaired) electrons. The molecule has 56 heavy (non-hydrogen) atoms. The van der Waals surface area contributed by atoms with Crippen LogP contribution in [0.2, 0.25) is 0 Å². The maximum atomic E-state index is 5.26. The summed E-state index contributed by atoms with van der Waals surface area (Å²) in [5.41, 5.74) is 5.20. The minimum absolute atomic E-state index is 0.641. The van der Waals surface area contributed by atoms with Crippen molar-refractivity contribution in [3.63, 3.8) is 0 Å². The van der Waals surface area contributed by atoms with Gasteiger partial charge < -0.3 is 0 Å². The Labute approximate surface area is 322 Å². The van der Waals surface area contributed by atoms with Crippen molar-refractivity contribution in [3.05, 3.63) is 188 Å². The maximum Gasteiger partial charge on any atom is 0.164 e. The van der Waals surface area contributed by atoms with E-state index in [0.717, 1.165) is 27.6 Å². The van der Waals surface area contributed by atoms with E-state index in [0.29, 0.717) is 17.5 Å². The lowest BCUT2D eigenvalue weighted by atomic mass is 9.87. The molecule has 0 aliphatic carbocycles. The monoisotopic (exact) mass is 709 g/mol. The number of benzene rings is 10. The molecule has 0 unspecified atom stereocenters. The molecular weight excluding hydrogens is 679 g/mol. The SMILES string of the molecule is c1ccc(-c2nc(-c3ccc(-c4cccc5ccccc45)cc3)nc(-c3cc4ccc5cccc6c7cccc8ccc9cccc(c(c3)c4c56)c9c87)n2)cc1. The molecule has 0 spiro atoms. The summed E-state index contributed by atoms with van der Waals surface area (Å²) in [5.74, 6) is 1.93. The van der Waals surface area contributed by atoms with E-state index >= 15 is 0 Å². The average Bonchev–Trinajstić information content (AvgIpc) is 3.27. The van der Waals surface area contributed by atoms with Crippen LogP contribution in [0.4, 0.5) is 0 Å². The molecule has 0 saturated heterocycles. The second-order valence-electron chi connectivity index (χ2n) is 14.7. The van der Waals surface area contributed by atoms with Gasteiger partial charge in [-0.15, -0.1) is 0 Å². The molecular formula is C53H31N3. The first-order valence-corrected chi connectivity index (χ1v) is 19.1. The molecule has 0 bridgehead atoms. The van der Waals surface area contributed by atoms with E-state index in [1.54, 1.807) is 0 Å². The first-order valence-electron chi connectivity index (χ1n) is 19.1. The van der Waals surface area contributed by atoms with Crippen LogP contribution in [0.3, 0.4) is 0 Å². The van der Waals surface area contributed by atoms with Crippen molar-refractivity contribution in [2.45, 2.75) is 0 Å². The minimum Gasteiger partial charge on any atom is -0.208 e. The predicted octanol–water partition coefficient (Wildman–Crippen LogP) is 14.0. The third kappa shape index (κ3) is 4.68. The summed E-state index contributed by atoms with van der Waals surface area (Å²) in [6.07, 6.45) is 0. The summed E-state index contributed by atoms with van der Waals surface area (Å²) >= 11 is 0. The molecule has 11 aromatic carbocycles. The summed E-state index contributed by atoms with van der Waals surface area (Å²) in [5, 5.41) is 17.4. The van der Waals surface area contributed by atoms with Crippen LogP contribution < -0.4 is 0 Å². The number of aromatic nitrogens is 3. The Morgan fingerprint density at radius 3 is 1.30 bits per heavy atom. The first kappa shape index (κ1) is 30.9. The van der Waals surface area contributed by atoms with Gasteiger partial charge in [0.05, 0.1) is 0 Å². The van der Waals surface area contributed by atoms with E-state index < -0.39 is 0 Å². The standard InChI is InChI=1S/C53H31N3/c1-2-11-37(12-3-1)51-54-52(38-27-22-33(23-28-38)42-18-6-13-32-10-4-5-17-41(32)42)56-53(55-51)40-30-39-29-26-36-15-8-20-44-43-19-7-14-34-24-25-35-16-9-21-45(49(35)47(34)43)46(31-40)50(39)48(36)44/h1-31H. The summed E-state index contributed by atoms with van der Waals surface area (Å²) in [7, 11) is 0. The zero-order valence-electron chi connectivity index (χ0n) is 30.2. The first-order chi connectivity index (χ1) is 27.7. The van der Waals surface area contributed by atoms with Gasteiger partial charge in [0.25, 0.3) is 0 Å². The van der Waals surface area contributed by atoms with Crippen molar-refractivity contribution >= 4 is 75.4 Å². The Morgan fingerprint density at radius 1 is 0.232 bits per heavy atom. The van der Waals surface area contributed by atoms with Crippen molar-refractivity contribution in [2.75, 3.05) is 0 Å². The highest BCUT2D eigenvalue weighted by Gasteiger charge is 2.19. The number of hydrogen-bond acceptors (Lipinski definition) is 3. The highest BCUT2D eigenvalue weighted by atomic mass is 15.0. The fourth-order valence-corrected chi connectivity index (χ4v) is 9.04. The van der Waals surface area contributed by atoms with E-state index in [1.165, 1.54) is 75.6 Å². The Kier molecular flexibility index (Phi) is 6.63. The summed E-state index contributed by atoms with van der Waals surface area (Å²) in [4.78, 5) is 15.6. The molecule has 0 aliphatic heterocycles. The maximum absolute atomic E-state index is 5.26. The van der Waals surface area contributed by atoms with Crippen molar-refractivity contribution in [1.29, 1.82) is 0 Å². The van der Waals surface area contributed by atoms with Crippen LogP contribution in [0, 0.1) is 0 Å². The summed E-state index contributed by atoms with van der Waals surface area (Å²) in [6.45, 7) is 0. The van der Waals surface area contributed by atoms with E-state index in [-0.39, 0.29) is 0 Å². The lowest BCUT2D eigenvalue weighted by Crippen LogP contribution is -2.00. The summed E-state index contributed by atoms with van der Waals surface area (Å²) in [6, 6.07) is 67.6. The lowest BCUT2D eigenvalue weighted by Gasteiger charge is -2.17. The van der Waals surface area contributed by atoms with Gasteiger partial charge in [-0.05, 0) is 98.7 Å². The molecule has 1 aromatic heterocycles. The predicted molar refractivity (Wildman–Crippen MR) is 235 cm³/mol. The van der Waals surface area contributed by atoms with Crippen LogP contribution in [0.1, 0.15) is 0 Å². The smallest absolute Gasteiger partial charge is 0.164 e. The van der Waals surface area contributed by atoms with Gasteiger partial charge in [-0.2, -0.15) is 0 Å². The van der Waals surface area contributed by atoms with Gasteiger partial charge in [-0.25, -0.2) is 15.0 Å². The van der Waals surface area contributed by atoms with Crippen molar-refractivity contribution in [1.82, 2.24) is 15.0 Å². The van der Waals surface area contributed by atoms with Gasteiger partial charge in [0, 0.05) is 16.7 Å². The molecule has 3 heteroatoms. The number of hydrogen-bond donors (Lipinski definition) is 0. The molecule has 3 nitrogen and oxygen atoms in total. The van der Waals surface area contributed by atoms with Crippen LogP contribution in [-0.4, -0.2) is 15.0 Å². The zero-order valence-corrected chi connectivity index (χ0v) is 30.2. The Balaban J connectivity index is 1.13. The molecule has 1 heterocycles. The molecule has 0 N–H and O–H groups in total. The van der Waals surface area contributed by atoms with Crippen molar-refractivity contribution in [2.24, 2.45) is 0 Å². The molecule has 0 fully saturated rings. The lowest BCUT2D eigenvalue weighted by molar-refractivity contribution is 1.07. The minimum atomic E-state index is 0.641. The fraction of sp³-hybridized carbons (Fsp3) is 0. The molecule has 12 rings (SSSR count). The van der Waals surface area contributed by atoms with Gasteiger partial charge >= 0.3 is 0 Å². The quantitative estimate of drug-likeness (QED) is 0.171. The zero-order chi connectivity index (χ0) is 36.7. The molecule has 0 saturated carbocycles. The van der Waals surface area contributed by atoms with Gasteiger partial charge in [0.1, 0.15) is 0 Å². The third-order valence-corrected chi connectivity index (χ3v) is 11.6. The second-order valence-corrected chi connectivity index (χ2v) is 14.7. The number of fused-ring (bicyclic) bond motifs is 3. The average molecular weight is 710 g/mol. The van der Waals surface area contributed by atoms with E-state index in [4.69, 9.17) is 15.0 Å². The summed E-state index contributed by atoms with van der Waals surface area (Å²) < 4.78 is 0. The van der Waals surface area contributed by atoms with Crippen LogP contribution in [0.5, 0.6) is 0 Å². The Morgan fingerprint density at radius 2 is 0.661 bits per heavy atom. The number of rotatable bonds is 4. The van der Waals surface area contributed by atoms with Gasteiger partial charge in [0.15, 0.2) is 17.5 Å². The van der Waals surface area contributed by atoms with Crippen LogP contribution in [0.15, 0.2) is 188 Å². The van der Waals surface area contributed by atoms with Gasteiger partial charge in [-0.3, -0.25) is 0 Å². The van der Waals surface area contributed by atoms with Crippen molar-refractivity contribution in [3.8, 4) is 45.3 Å². The molecule has 0 aliphatic rings. The van der Waals surface area contributed by atoms with E-state index in [2.05, 4.69) is 170 Å². The molecule has 0 atom stereocenters. The van der Waals surface area contributed by atoms with E-state index in [9.17, 15) is 0 Å². The van der Waals surface area contributed by atoms with Crippen LogP contribution in [0.25, 0.3) is 121 Å². The highest BCUT2D eigenvalue weighted by Crippen LogP contribution is 2.44. The van der Waals surface area contributed by atoms with Crippen molar-refractivity contribution < 1.29 is 0 Å². The van der Waals surface area contributed by atoms with Crippen LogP contribution >= 0.6 is 0 Å². The second kappa shape index (κ2) is 12.0. The molecule has 0 amide bonds. The van der Waals surface area contributed by atoms with Gasteiger partial charge in [-0.1, -0.05) is 176 Å². The fourth-order valence-electron chi connectivity index (χ4n) is 9.04. The topological polar surface area (TPSA) is 38.7 Å². The number of nitrogens with zero attached hydrogens (tertiary/aromatic N) is 3. The largest absolute Gasteiger partial charge is 0.208 e. The van der Waals surface area contributed by atoms with Crippen LogP contribution in [-0.2, 0) is 0 Å². The molecule has 12 aromatic rings.